The number of amides is 2. The van der Waals surface area contributed by atoms with Gasteiger partial charge in [-0.15, -0.1) is 0 Å². The maximum absolute atomic E-state index is 14.4. The number of carbonyl (C=O) groups excluding carboxylic acids is 2. The molecule has 3 rings (SSSR count). The van der Waals surface area contributed by atoms with Crippen LogP contribution in [0.5, 0.6) is 0 Å². The molecular weight excluding hydrogens is 481 g/mol. The molecule has 1 aromatic carbocycles. The molecule has 2 aliphatic heterocycles. The summed E-state index contributed by atoms with van der Waals surface area (Å²) in [7, 11) is -2.70. The number of likely N-dealkylation sites (tertiary alicyclic amines) is 1. The summed E-state index contributed by atoms with van der Waals surface area (Å²) in [5.41, 5.74) is -0.0887. The molecule has 4 atom stereocenters. The molecule has 0 radical (unpaired) electrons. The number of halogens is 3. The summed E-state index contributed by atoms with van der Waals surface area (Å²) in [6.07, 6.45) is -7.78. The topological polar surface area (TPSA) is 68.3 Å². The molecule has 0 spiro atoms. The first-order valence-corrected chi connectivity index (χ1v) is 15.2. The highest BCUT2D eigenvalue weighted by atomic mass is 28.4. The summed E-state index contributed by atoms with van der Waals surface area (Å²) in [6.45, 7) is 9.94. The molecule has 2 amide bonds. The van der Waals surface area contributed by atoms with Crippen LogP contribution in [0.1, 0.15) is 39.2 Å². The largest absolute Gasteiger partial charge is 0.445 e. The van der Waals surface area contributed by atoms with Crippen molar-refractivity contribution in [2.24, 2.45) is 0 Å². The van der Waals surface area contributed by atoms with E-state index in [1.54, 1.807) is 64.7 Å². The van der Waals surface area contributed by atoms with Gasteiger partial charge in [-0.05, 0) is 58.8 Å². The van der Waals surface area contributed by atoms with Gasteiger partial charge >= 0.3 is 18.4 Å². The minimum Gasteiger partial charge on any atom is -0.445 e. The molecule has 0 aromatic heterocycles. The predicted octanol–water partition coefficient (Wildman–Crippen LogP) is 5.56. The van der Waals surface area contributed by atoms with Crippen molar-refractivity contribution in [1.82, 2.24) is 9.80 Å². The Morgan fingerprint density at radius 2 is 1.69 bits per heavy atom. The fourth-order valence-electron chi connectivity index (χ4n) is 4.66. The van der Waals surface area contributed by atoms with E-state index in [0.717, 1.165) is 10.5 Å². The van der Waals surface area contributed by atoms with Crippen molar-refractivity contribution in [3.63, 3.8) is 0 Å². The van der Waals surface area contributed by atoms with Crippen LogP contribution in [0.25, 0.3) is 0 Å². The van der Waals surface area contributed by atoms with E-state index in [1.165, 1.54) is 4.90 Å². The summed E-state index contributed by atoms with van der Waals surface area (Å²) < 4.78 is 59.9. The van der Waals surface area contributed by atoms with Crippen molar-refractivity contribution in [3.05, 3.63) is 35.9 Å². The van der Waals surface area contributed by atoms with Gasteiger partial charge in [0.2, 0.25) is 0 Å². The van der Waals surface area contributed by atoms with Crippen molar-refractivity contribution in [2.45, 2.75) is 95.9 Å². The standard InChI is InChI=1S/C24H35F3N2O5Si/c1-23(2,3)33-22(31)29-17-12-13-18(29)19(20(24(25,26)27)34-35(4,5)6)28(14-17)21(30)32-15-16-10-8-7-9-11-16/h7-11,17-20H,12-15H2,1-6H3/t17-,18+,19-,20-/m0/s1. The smallest absolute Gasteiger partial charge is 0.415 e. The van der Waals surface area contributed by atoms with E-state index in [-0.39, 0.29) is 13.2 Å². The monoisotopic (exact) mass is 516 g/mol. The van der Waals surface area contributed by atoms with E-state index in [4.69, 9.17) is 13.9 Å². The highest BCUT2D eigenvalue weighted by molar-refractivity contribution is 6.69. The quantitative estimate of drug-likeness (QED) is 0.480. The highest BCUT2D eigenvalue weighted by Crippen LogP contribution is 2.42. The van der Waals surface area contributed by atoms with Crippen LogP contribution in [-0.4, -0.2) is 72.9 Å². The Bertz CT molecular complexity index is 901. The number of fused-ring (bicyclic) bond motifs is 2. The number of piperazine rings is 1. The van der Waals surface area contributed by atoms with Crippen LogP contribution in [0.15, 0.2) is 30.3 Å². The van der Waals surface area contributed by atoms with Crippen molar-refractivity contribution in [2.75, 3.05) is 6.54 Å². The van der Waals surface area contributed by atoms with Crippen LogP contribution >= 0.6 is 0 Å². The molecule has 11 heteroatoms. The molecule has 2 fully saturated rings. The van der Waals surface area contributed by atoms with Gasteiger partial charge < -0.3 is 13.9 Å². The summed E-state index contributed by atoms with van der Waals surface area (Å²) in [6, 6.07) is 6.10. The average Bonchev–Trinajstić information content (AvgIpc) is 3.03. The summed E-state index contributed by atoms with van der Waals surface area (Å²) in [5, 5.41) is 0. The SMILES string of the molecule is CC(C)(C)OC(=O)N1[C@H]2CC[C@@H]1[C@@H]([C@H](O[Si](C)(C)C)C(F)(F)F)N(C(=O)OCc1ccccc1)C2. The first-order valence-electron chi connectivity index (χ1n) is 11.8. The van der Waals surface area contributed by atoms with Gasteiger partial charge in [0.25, 0.3) is 0 Å². The normalized spacial score (nSPS) is 23.7. The van der Waals surface area contributed by atoms with Crippen LogP contribution in [0, 0.1) is 0 Å². The van der Waals surface area contributed by atoms with Crippen LogP contribution in [0.3, 0.4) is 0 Å². The van der Waals surface area contributed by atoms with Crippen LogP contribution in [-0.2, 0) is 20.5 Å². The molecule has 2 heterocycles. The van der Waals surface area contributed by atoms with E-state index < -0.39 is 56.5 Å². The summed E-state index contributed by atoms with van der Waals surface area (Å²) >= 11 is 0. The number of ether oxygens (including phenoxy) is 2. The first kappa shape index (κ1) is 27.3. The number of carbonyl (C=O) groups is 2. The molecule has 0 saturated carbocycles. The van der Waals surface area contributed by atoms with Crippen LogP contribution in [0.4, 0.5) is 22.8 Å². The molecule has 196 valence electrons. The second-order valence-electron chi connectivity index (χ2n) is 11.1. The Morgan fingerprint density at radius 1 is 1.06 bits per heavy atom. The minimum atomic E-state index is -4.75. The van der Waals surface area contributed by atoms with E-state index in [2.05, 4.69) is 0 Å². The molecule has 1 aromatic rings. The third-order valence-corrected chi connectivity index (χ3v) is 6.83. The maximum atomic E-state index is 14.4. The van der Waals surface area contributed by atoms with Crippen molar-refractivity contribution in [3.8, 4) is 0 Å². The lowest BCUT2D eigenvalue weighted by Crippen LogP contribution is -2.69. The lowest BCUT2D eigenvalue weighted by Gasteiger charge is -2.49. The lowest BCUT2D eigenvalue weighted by atomic mass is 9.97. The van der Waals surface area contributed by atoms with Gasteiger partial charge in [0.05, 0.1) is 18.1 Å². The number of benzene rings is 1. The van der Waals surface area contributed by atoms with E-state index >= 15 is 0 Å². The van der Waals surface area contributed by atoms with Crippen molar-refractivity contribution >= 4 is 20.5 Å². The summed E-state index contributed by atoms with van der Waals surface area (Å²) in [4.78, 5) is 28.7. The Kier molecular flexibility index (Phi) is 7.81. The molecule has 2 aliphatic rings. The zero-order chi connectivity index (χ0) is 26.2. The van der Waals surface area contributed by atoms with Gasteiger partial charge in [-0.1, -0.05) is 30.3 Å². The van der Waals surface area contributed by atoms with Gasteiger partial charge in [0, 0.05) is 6.54 Å². The van der Waals surface area contributed by atoms with Gasteiger partial charge in [0.1, 0.15) is 12.2 Å². The lowest BCUT2D eigenvalue weighted by molar-refractivity contribution is -0.222. The Balaban J connectivity index is 1.94. The minimum absolute atomic E-state index is 0.0699. The molecule has 2 bridgehead atoms. The zero-order valence-electron chi connectivity index (χ0n) is 21.1. The van der Waals surface area contributed by atoms with E-state index in [9.17, 15) is 22.8 Å². The van der Waals surface area contributed by atoms with Crippen LogP contribution in [0.2, 0.25) is 19.6 Å². The van der Waals surface area contributed by atoms with E-state index in [0.29, 0.717) is 12.8 Å². The Labute approximate surface area is 205 Å². The van der Waals surface area contributed by atoms with Gasteiger partial charge in [-0.25, -0.2) is 9.59 Å². The second-order valence-corrected chi connectivity index (χ2v) is 15.5. The van der Waals surface area contributed by atoms with E-state index in [1.807, 2.05) is 6.07 Å². The van der Waals surface area contributed by atoms with Gasteiger partial charge in [-0.2, -0.15) is 13.2 Å². The zero-order valence-corrected chi connectivity index (χ0v) is 22.1. The van der Waals surface area contributed by atoms with Crippen molar-refractivity contribution in [1.29, 1.82) is 0 Å². The van der Waals surface area contributed by atoms with Crippen LogP contribution < -0.4 is 0 Å². The highest BCUT2D eigenvalue weighted by Gasteiger charge is 2.60. The maximum Gasteiger partial charge on any atom is 0.415 e. The van der Waals surface area contributed by atoms with Crippen molar-refractivity contribution < 1.29 is 36.7 Å². The molecule has 0 N–H and O–H groups in total. The number of nitrogens with zero attached hydrogens (tertiary/aromatic N) is 2. The Morgan fingerprint density at radius 3 is 2.23 bits per heavy atom. The second kappa shape index (κ2) is 10.0. The third kappa shape index (κ3) is 6.90. The van der Waals surface area contributed by atoms with Gasteiger partial charge in [0.15, 0.2) is 14.4 Å². The number of hydrogen-bond donors (Lipinski definition) is 0. The molecule has 2 saturated heterocycles. The fraction of sp³-hybridized carbons (Fsp3) is 0.667. The predicted molar refractivity (Wildman–Crippen MR) is 126 cm³/mol. The first-order chi connectivity index (χ1) is 16.1. The number of hydrogen-bond acceptors (Lipinski definition) is 5. The molecule has 7 nitrogen and oxygen atoms in total. The molecule has 0 unspecified atom stereocenters. The average molecular weight is 517 g/mol. The fourth-order valence-corrected chi connectivity index (χ4v) is 5.69. The third-order valence-electron chi connectivity index (χ3n) is 5.87. The number of alkyl halides is 3. The number of rotatable bonds is 5. The molecule has 0 aliphatic carbocycles. The summed E-state index contributed by atoms with van der Waals surface area (Å²) in [5.74, 6) is 0. The molecule has 35 heavy (non-hydrogen) atoms. The molecular formula is C24H35F3N2O5Si. The Hall–Kier alpha value is -2.27. The van der Waals surface area contributed by atoms with Gasteiger partial charge in [-0.3, -0.25) is 9.80 Å².